The highest BCUT2D eigenvalue weighted by molar-refractivity contribution is 7.98. The van der Waals surface area contributed by atoms with Gasteiger partial charge in [0.1, 0.15) is 18.7 Å². The lowest BCUT2D eigenvalue weighted by Crippen LogP contribution is -2.55. The number of alkyl carbamates (subject to hydrolysis) is 1. The molecular weight excluding hydrogens is 366 g/mol. The van der Waals surface area contributed by atoms with Gasteiger partial charge >= 0.3 is 6.09 Å². The molecule has 1 aromatic carbocycles. The Bertz CT molecular complexity index is 612. The van der Waals surface area contributed by atoms with Gasteiger partial charge in [-0.25, -0.2) is 4.79 Å². The number of carbonyl (C=O) groups excluding carboxylic acids is 3. The SMILES string of the molecule is CC[C@H](C)[C@@H](NC(=O)[C@@H](CCSC)NC(=O)OCc1ccccc1)C(N)=O. The molecule has 8 heteroatoms. The van der Waals surface area contributed by atoms with E-state index < -0.39 is 30.0 Å². The molecule has 27 heavy (non-hydrogen) atoms. The summed E-state index contributed by atoms with van der Waals surface area (Å²) in [6, 6.07) is 7.68. The van der Waals surface area contributed by atoms with Gasteiger partial charge in [0.05, 0.1) is 0 Å². The molecule has 1 aromatic rings. The van der Waals surface area contributed by atoms with Crippen molar-refractivity contribution in [2.45, 2.75) is 45.4 Å². The number of nitrogens with one attached hydrogen (secondary N) is 2. The van der Waals surface area contributed by atoms with Crippen molar-refractivity contribution >= 4 is 29.7 Å². The number of amides is 3. The fourth-order valence-corrected chi connectivity index (χ4v) is 2.87. The molecule has 0 saturated heterocycles. The topological polar surface area (TPSA) is 111 Å². The Morgan fingerprint density at radius 2 is 1.85 bits per heavy atom. The molecule has 0 bridgehead atoms. The van der Waals surface area contributed by atoms with E-state index in [0.29, 0.717) is 18.6 Å². The van der Waals surface area contributed by atoms with Crippen molar-refractivity contribution in [3.8, 4) is 0 Å². The van der Waals surface area contributed by atoms with Crippen LogP contribution in [0, 0.1) is 5.92 Å². The maximum absolute atomic E-state index is 12.6. The molecule has 0 aliphatic carbocycles. The van der Waals surface area contributed by atoms with E-state index in [1.165, 1.54) is 0 Å². The molecule has 0 heterocycles. The fraction of sp³-hybridized carbons (Fsp3) is 0.526. The number of carbonyl (C=O) groups is 3. The lowest BCUT2D eigenvalue weighted by Gasteiger charge is -2.24. The van der Waals surface area contributed by atoms with Gasteiger partial charge in [-0.1, -0.05) is 50.6 Å². The first-order chi connectivity index (χ1) is 12.9. The third-order valence-corrected chi connectivity index (χ3v) is 4.89. The van der Waals surface area contributed by atoms with Gasteiger partial charge in [0.25, 0.3) is 0 Å². The van der Waals surface area contributed by atoms with Crippen molar-refractivity contribution in [1.29, 1.82) is 0 Å². The Labute approximate surface area is 164 Å². The van der Waals surface area contributed by atoms with Crippen LogP contribution in [0.15, 0.2) is 30.3 Å². The monoisotopic (exact) mass is 395 g/mol. The normalized spacial score (nSPS) is 13.9. The first-order valence-electron chi connectivity index (χ1n) is 8.94. The van der Waals surface area contributed by atoms with Crippen molar-refractivity contribution < 1.29 is 19.1 Å². The van der Waals surface area contributed by atoms with E-state index in [2.05, 4.69) is 10.6 Å². The molecule has 0 radical (unpaired) electrons. The van der Waals surface area contributed by atoms with E-state index in [0.717, 1.165) is 5.56 Å². The molecule has 0 spiro atoms. The highest BCUT2D eigenvalue weighted by Crippen LogP contribution is 2.09. The highest BCUT2D eigenvalue weighted by atomic mass is 32.2. The minimum atomic E-state index is -0.799. The van der Waals surface area contributed by atoms with E-state index in [1.54, 1.807) is 11.8 Å². The summed E-state index contributed by atoms with van der Waals surface area (Å²) in [5, 5.41) is 5.25. The van der Waals surface area contributed by atoms with Gasteiger partial charge in [-0.05, 0) is 29.9 Å². The van der Waals surface area contributed by atoms with Crippen molar-refractivity contribution in [3.05, 3.63) is 35.9 Å². The first kappa shape index (κ1) is 22.8. The zero-order valence-electron chi connectivity index (χ0n) is 16.1. The summed E-state index contributed by atoms with van der Waals surface area (Å²) in [4.78, 5) is 36.3. The van der Waals surface area contributed by atoms with E-state index >= 15 is 0 Å². The Balaban J connectivity index is 2.68. The largest absolute Gasteiger partial charge is 0.445 e. The molecule has 0 saturated carbocycles. The summed E-state index contributed by atoms with van der Waals surface area (Å²) in [5.41, 5.74) is 6.26. The van der Waals surface area contributed by atoms with Crippen LogP contribution in [0.2, 0.25) is 0 Å². The lowest BCUT2D eigenvalue weighted by molar-refractivity contribution is -0.129. The highest BCUT2D eigenvalue weighted by Gasteiger charge is 2.28. The number of ether oxygens (including phenoxy) is 1. The molecule has 3 amide bonds. The zero-order valence-corrected chi connectivity index (χ0v) is 16.9. The molecule has 4 N–H and O–H groups in total. The van der Waals surface area contributed by atoms with E-state index in [9.17, 15) is 14.4 Å². The Kier molecular flexibility index (Phi) is 10.3. The molecule has 0 aliphatic rings. The van der Waals surface area contributed by atoms with Crippen LogP contribution in [0.1, 0.15) is 32.3 Å². The summed E-state index contributed by atoms with van der Waals surface area (Å²) < 4.78 is 5.18. The van der Waals surface area contributed by atoms with Gasteiger partial charge in [-0.3, -0.25) is 9.59 Å². The maximum atomic E-state index is 12.6. The number of thioether (sulfide) groups is 1. The van der Waals surface area contributed by atoms with Crippen molar-refractivity contribution in [2.24, 2.45) is 11.7 Å². The fourth-order valence-electron chi connectivity index (χ4n) is 2.39. The van der Waals surface area contributed by atoms with Crippen LogP contribution < -0.4 is 16.4 Å². The quantitative estimate of drug-likeness (QED) is 0.531. The predicted octanol–water partition coefficient (Wildman–Crippen LogP) is 2.05. The third-order valence-electron chi connectivity index (χ3n) is 4.25. The van der Waals surface area contributed by atoms with Crippen molar-refractivity contribution in [2.75, 3.05) is 12.0 Å². The second kappa shape index (κ2) is 12.2. The standard InChI is InChI=1S/C19H29N3O4S/c1-4-13(2)16(17(20)23)22-18(24)15(10-11-27-3)21-19(25)26-12-14-8-6-5-7-9-14/h5-9,13,15-16H,4,10-12H2,1-3H3,(H2,20,23)(H,21,25)(H,22,24)/t13-,15+,16+/m0/s1. The Morgan fingerprint density at radius 1 is 1.19 bits per heavy atom. The number of nitrogens with two attached hydrogens (primary N) is 1. The Morgan fingerprint density at radius 3 is 2.41 bits per heavy atom. The van der Waals surface area contributed by atoms with Gasteiger partial charge in [-0.15, -0.1) is 0 Å². The van der Waals surface area contributed by atoms with Crippen molar-refractivity contribution in [3.63, 3.8) is 0 Å². The van der Waals surface area contributed by atoms with Gasteiger partial charge in [0.15, 0.2) is 0 Å². The van der Waals surface area contributed by atoms with E-state index in [-0.39, 0.29) is 12.5 Å². The minimum Gasteiger partial charge on any atom is -0.445 e. The van der Waals surface area contributed by atoms with Crippen LogP contribution >= 0.6 is 11.8 Å². The number of rotatable bonds is 11. The summed E-state index contributed by atoms with van der Waals surface area (Å²) in [6.45, 7) is 3.87. The van der Waals surface area contributed by atoms with Crippen LogP contribution in [0.3, 0.4) is 0 Å². The number of primary amides is 1. The summed E-state index contributed by atoms with van der Waals surface area (Å²) in [5.74, 6) is -0.461. The molecule has 0 unspecified atom stereocenters. The molecule has 3 atom stereocenters. The average molecular weight is 396 g/mol. The Hall–Kier alpha value is -2.22. The lowest BCUT2D eigenvalue weighted by atomic mass is 9.98. The van der Waals surface area contributed by atoms with E-state index in [1.807, 2.05) is 50.4 Å². The van der Waals surface area contributed by atoms with Crippen LogP contribution in [-0.2, 0) is 20.9 Å². The summed E-state index contributed by atoms with van der Waals surface area (Å²) in [6.07, 6.45) is 2.34. The van der Waals surface area contributed by atoms with Gasteiger partial charge in [0, 0.05) is 0 Å². The van der Waals surface area contributed by atoms with Crippen LogP contribution in [0.5, 0.6) is 0 Å². The maximum Gasteiger partial charge on any atom is 0.408 e. The van der Waals surface area contributed by atoms with Gasteiger partial charge < -0.3 is 21.1 Å². The number of hydrogen-bond acceptors (Lipinski definition) is 5. The average Bonchev–Trinajstić information content (AvgIpc) is 2.67. The molecular formula is C19H29N3O4S. The molecule has 1 rings (SSSR count). The molecule has 0 fully saturated rings. The van der Waals surface area contributed by atoms with Gasteiger partial charge in [-0.2, -0.15) is 11.8 Å². The molecule has 0 aliphatic heterocycles. The van der Waals surface area contributed by atoms with Crippen LogP contribution in [0.4, 0.5) is 4.79 Å². The molecule has 150 valence electrons. The molecule has 7 nitrogen and oxygen atoms in total. The van der Waals surface area contributed by atoms with Gasteiger partial charge in [0.2, 0.25) is 11.8 Å². The summed E-state index contributed by atoms with van der Waals surface area (Å²) >= 11 is 1.56. The smallest absolute Gasteiger partial charge is 0.408 e. The second-order valence-electron chi connectivity index (χ2n) is 6.31. The third kappa shape index (κ3) is 8.34. The number of hydrogen-bond donors (Lipinski definition) is 3. The zero-order chi connectivity index (χ0) is 20.2. The second-order valence-corrected chi connectivity index (χ2v) is 7.30. The molecule has 0 aromatic heterocycles. The first-order valence-corrected chi connectivity index (χ1v) is 10.3. The predicted molar refractivity (Wildman–Crippen MR) is 107 cm³/mol. The summed E-state index contributed by atoms with van der Waals surface area (Å²) in [7, 11) is 0. The minimum absolute atomic E-state index is 0.0994. The van der Waals surface area contributed by atoms with E-state index in [4.69, 9.17) is 10.5 Å². The number of benzene rings is 1. The van der Waals surface area contributed by atoms with Crippen molar-refractivity contribution in [1.82, 2.24) is 10.6 Å². The van der Waals surface area contributed by atoms with Crippen LogP contribution in [0.25, 0.3) is 0 Å². The van der Waals surface area contributed by atoms with Crippen LogP contribution in [-0.4, -0.2) is 42.0 Å².